The van der Waals surface area contributed by atoms with Gasteiger partial charge in [-0.25, -0.2) is 14.4 Å². The number of Topliss-reactive ketones (excluding diaryl/α,β-unsaturated/α-hetero) is 1. The summed E-state index contributed by atoms with van der Waals surface area (Å²) in [5.74, 6) is 5.21. The van der Waals surface area contributed by atoms with E-state index >= 15 is 0 Å². The molecule has 0 spiro atoms. The first kappa shape index (κ1) is 30.9. The molecule has 1 aromatic carbocycles. The van der Waals surface area contributed by atoms with Gasteiger partial charge < -0.3 is 19.4 Å². The second-order valence-corrected chi connectivity index (χ2v) is 12.8. The number of aromatic nitrogens is 5. The Morgan fingerprint density at radius 3 is 2.57 bits per heavy atom. The molecule has 4 aromatic rings. The quantitative estimate of drug-likeness (QED) is 0.239. The van der Waals surface area contributed by atoms with Gasteiger partial charge in [0.05, 0.1) is 13.1 Å². The molecule has 4 heterocycles. The number of hydrogen-bond donors (Lipinski definition) is 1. The number of nitrogens with one attached hydrogen (secondary N) is 1. The van der Waals surface area contributed by atoms with Gasteiger partial charge >= 0.3 is 17.5 Å². The Morgan fingerprint density at radius 1 is 1.11 bits per heavy atom. The minimum Gasteiger partial charge on any atom is -0.444 e. The Bertz CT molecular complexity index is 2110. The van der Waals surface area contributed by atoms with Crippen LogP contribution in [-0.4, -0.2) is 59.9 Å². The molecule has 14 nitrogen and oxygen atoms in total. The van der Waals surface area contributed by atoms with E-state index < -0.39 is 41.0 Å². The fourth-order valence-corrected chi connectivity index (χ4v) is 6.00. The Labute approximate surface area is 263 Å². The van der Waals surface area contributed by atoms with Crippen molar-refractivity contribution in [3.63, 3.8) is 0 Å². The second-order valence-electron chi connectivity index (χ2n) is 12.8. The third-order valence-electron chi connectivity index (χ3n) is 8.20. The molecule has 6 rings (SSSR count). The Hall–Kier alpha value is -5.06. The minimum atomic E-state index is -0.657. The van der Waals surface area contributed by atoms with E-state index in [1.165, 1.54) is 16.2 Å². The van der Waals surface area contributed by atoms with Crippen molar-refractivity contribution < 1.29 is 18.7 Å². The molecule has 1 amide bonds. The van der Waals surface area contributed by atoms with Gasteiger partial charge in [-0.2, -0.15) is 4.98 Å². The first-order valence-corrected chi connectivity index (χ1v) is 15.4. The van der Waals surface area contributed by atoms with Crippen molar-refractivity contribution >= 4 is 40.1 Å². The van der Waals surface area contributed by atoms with Crippen LogP contribution in [-0.2, 0) is 24.9 Å². The van der Waals surface area contributed by atoms with Gasteiger partial charge in [0.2, 0.25) is 5.95 Å². The van der Waals surface area contributed by atoms with Crippen LogP contribution in [0.5, 0.6) is 0 Å². The van der Waals surface area contributed by atoms with Crippen LogP contribution < -0.4 is 27.2 Å². The highest BCUT2D eigenvalue weighted by atomic mass is 16.6. The average molecular weight is 632 g/mol. The molecule has 242 valence electrons. The molecule has 1 aliphatic carbocycles. The monoisotopic (exact) mass is 631 g/mol. The molecule has 1 saturated heterocycles. The highest BCUT2D eigenvalue weighted by Crippen LogP contribution is 2.36. The summed E-state index contributed by atoms with van der Waals surface area (Å²) in [5, 5.41) is 2.94. The number of nitrogens with zero attached hydrogens (tertiary/aromatic N) is 6. The minimum absolute atomic E-state index is 0.130. The van der Waals surface area contributed by atoms with Crippen molar-refractivity contribution in [1.29, 1.82) is 0 Å². The van der Waals surface area contributed by atoms with E-state index in [1.807, 2.05) is 4.90 Å². The summed E-state index contributed by atoms with van der Waals surface area (Å²) in [6, 6.07) is 4.32. The summed E-state index contributed by atoms with van der Waals surface area (Å²) in [7, 11) is 1.49. The van der Waals surface area contributed by atoms with Crippen LogP contribution in [0.15, 0.2) is 37.0 Å². The lowest BCUT2D eigenvalue weighted by molar-refractivity contribution is 0.0499. The molecule has 0 bridgehead atoms. The van der Waals surface area contributed by atoms with E-state index in [-0.39, 0.29) is 40.9 Å². The number of ketones is 1. The van der Waals surface area contributed by atoms with Crippen LogP contribution in [0.25, 0.3) is 22.3 Å². The number of imidazole rings is 1. The van der Waals surface area contributed by atoms with Crippen molar-refractivity contribution in [3.8, 4) is 11.8 Å². The number of aryl methyl sites for hydroxylation is 1. The maximum Gasteiger partial charge on any atom is 0.419 e. The summed E-state index contributed by atoms with van der Waals surface area (Å²) in [4.78, 5) is 73.4. The van der Waals surface area contributed by atoms with Gasteiger partial charge in [-0.3, -0.25) is 27.9 Å². The molecule has 1 N–H and O–H groups in total. The van der Waals surface area contributed by atoms with Gasteiger partial charge in [0, 0.05) is 37.8 Å². The molecule has 0 radical (unpaired) electrons. The maximum atomic E-state index is 14.2. The van der Waals surface area contributed by atoms with Crippen molar-refractivity contribution in [2.45, 2.75) is 84.2 Å². The van der Waals surface area contributed by atoms with Gasteiger partial charge in [-0.1, -0.05) is 12.0 Å². The molecular weight excluding hydrogens is 594 g/mol. The van der Waals surface area contributed by atoms with Crippen molar-refractivity contribution in [1.82, 2.24) is 28.6 Å². The summed E-state index contributed by atoms with van der Waals surface area (Å²) < 4.78 is 16.1. The number of anilines is 1. The SMILES string of the molecule is CC#CCn1c(N2CCC[C@@H](NC(=O)OC(C)(C)C)C2)nc2c1c(=O)n(CC(=O)c1cccc3oc(=O)n(C)c13)c(=O)n2C1CC1. The van der Waals surface area contributed by atoms with Crippen LogP contribution in [0.3, 0.4) is 0 Å². The number of oxazole rings is 1. The lowest BCUT2D eigenvalue weighted by atomic mass is 10.1. The predicted octanol–water partition coefficient (Wildman–Crippen LogP) is 2.54. The summed E-state index contributed by atoms with van der Waals surface area (Å²) >= 11 is 0. The average Bonchev–Trinajstić information content (AvgIpc) is 3.69. The Kier molecular flexibility index (Phi) is 7.87. The standard InChI is InChI=1S/C32H37N7O7/c1-6-7-16-37-25-26(34-28(37)36-15-9-10-19(17-36)33-29(42)46-32(2,3)4)39(20-13-14-20)30(43)38(27(25)41)18-22(40)21-11-8-12-23-24(21)35(5)31(44)45-23/h8,11-12,19-20H,9-10,13-18H2,1-5H3,(H,33,42)/t19-/m1/s1. The van der Waals surface area contributed by atoms with Crippen molar-refractivity contribution in [2.24, 2.45) is 7.05 Å². The van der Waals surface area contributed by atoms with Crippen LogP contribution in [0.2, 0.25) is 0 Å². The number of fused-ring (bicyclic) bond motifs is 2. The summed E-state index contributed by atoms with van der Waals surface area (Å²) in [5.41, 5.74) is -0.807. The molecule has 3 aromatic heterocycles. The zero-order valence-electron chi connectivity index (χ0n) is 26.6. The molecular formula is C32H37N7O7. The number of piperidine rings is 1. The van der Waals surface area contributed by atoms with E-state index in [2.05, 4.69) is 17.2 Å². The van der Waals surface area contributed by atoms with Crippen LogP contribution in [0.1, 0.15) is 69.8 Å². The molecule has 0 unspecified atom stereocenters. The fraction of sp³-hybridized carbons (Fsp3) is 0.500. The highest BCUT2D eigenvalue weighted by molar-refractivity contribution is 6.05. The third kappa shape index (κ3) is 5.73. The number of ether oxygens (including phenoxy) is 1. The van der Waals surface area contributed by atoms with Gasteiger partial charge in [-0.05, 0) is 65.5 Å². The number of carbonyl (C=O) groups excluding carboxylic acids is 2. The lowest BCUT2D eigenvalue weighted by Crippen LogP contribution is -2.49. The van der Waals surface area contributed by atoms with E-state index in [0.29, 0.717) is 24.6 Å². The number of benzene rings is 1. The normalized spacial score (nSPS) is 16.8. The number of carbonyl (C=O) groups is 2. The van der Waals surface area contributed by atoms with Crippen molar-refractivity contribution in [3.05, 3.63) is 55.2 Å². The number of rotatable bonds is 7. The fourth-order valence-electron chi connectivity index (χ4n) is 6.00. The number of alkyl carbamates (subject to hydrolysis) is 1. The smallest absolute Gasteiger partial charge is 0.419 e. The second kappa shape index (κ2) is 11.7. The van der Waals surface area contributed by atoms with E-state index in [4.69, 9.17) is 14.1 Å². The zero-order chi connectivity index (χ0) is 32.9. The predicted molar refractivity (Wildman–Crippen MR) is 170 cm³/mol. The summed E-state index contributed by atoms with van der Waals surface area (Å²) in [6.45, 7) is 7.72. The molecule has 2 fully saturated rings. The first-order valence-electron chi connectivity index (χ1n) is 15.4. The topological polar surface area (TPSA) is 156 Å². The highest BCUT2D eigenvalue weighted by Gasteiger charge is 2.34. The van der Waals surface area contributed by atoms with Gasteiger partial charge in [0.25, 0.3) is 5.56 Å². The van der Waals surface area contributed by atoms with Crippen molar-refractivity contribution in [2.75, 3.05) is 18.0 Å². The van der Waals surface area contributed by atoms with Gasteiger partial charge in [0.1, 0.15) is 11.1 Å². The number of hydrogen-bond acceptors (Lipinski definition) is 9. The zero-order valence-corrected chi connectivity index (χ0v) is 26.6. The molecule has 14 heteroatoms. The largest absolute Gasteiger partial charge is 0.444 e. The van der Waals surface area contributed by atoms with Crippen LogP contribution >= 0.6 is 0 Å². The van der Waals surface area contributed by atoms with Gasteiger partial charge in [0.15, 0.2) is 22.5 Å². The molecule has 1 atom stereocenters. The maximum absolute atomic E-state index is 14.2. The van der Waals surface area contributed by atoms with E-state index in [0.717, 1.165) is 30.3 Å². The molecule has 1 aliphatic heterocycles. The number of amides is 1. The molecule has 1 saturated carbocycles. The van der Waals surface area contributed by atoms with E-state index in [1.54, 1.807) is 50.5 Å². The summed E-state index contributed by atoms with van der Waals surface area (Å²) in [6.07, 6.45) is 2.45. The third-order valence-corrected chi connectivity index (χ3v) is 8.20. The first-order chi connectivity index (χ1) is 21.9. The lowest BCUT2D eigenvalue weighted by Gasteiger charge is -2.34. The Morgan fingerprint density at radius 2 is 1.87 bits per heavy atom. The Balaban J connectivity index is 1.43. The number of para-hydroxylation sites is 1. The van der Waals surface area contributed by atoms with Crippen LogP contribution in [0.4, 0.5) is 10.7 Å². The molecule has 2 aliphatic rings. The van der Waals surface area contributed by atoms with E-state index in [9.17, 15) is 24.0 Å². The molecule has 46 heavy (non-hydrogen) atoms. The van der Waals surface area contributed by atoms with Gasteiger partial charge in [-0.15, -0.1) is 5.92 Å². The van der Waals surface area contributed by atoms with Crippen LogP contribution in [0, 0.1) is 11.8 Å².